The molecule has 0 fully saturated rings. The van der Waals surface area contributed by atoms with Crippen molar-refractivity contribution < 1.29 is 4.74 Å². The van der Waals surface area contributed by atoms with Gasteiger partial charge in [-0.3, -0.25) is 0 Å². The lowest BCUT2D eigenvalue weighted by atomic mass is 10.1. The third kappa shape index (κ3) is 3.82. The topological polar surface area (TPSA) is 9.23 Å². The van der Waals surface area contributed by atoms with Gasteiger partial charge in [0.15, 0.2) is 0 Å². The summed E-state index contributed by atoms with van der Waals surface area (Å²) in [4.78, 5) is -0.590. The van der Waals surface area contributed by atoms with Crippen molar-refractivity contribution in [1.82, 2.24) is 0 Å². The molecule has 0 bridgehead atoms. The number of ether oxygens (including phenoxy) is 1. The van der Waals surface area contributed by atoms with Crippen LogP contribution in [0.15, 0.2) is 42.5 Å². The normalized spacial score (nSPS) is 10.8. The lowest BCUT2D eigenvalue weighted by Gasteiger charge is -2.14. The van der Waals surface area contributed by atoms with Gasteiger partial charge in [0.2, 0.25) is 0 Å². The Hall–Kier alpha value is -0.890. The molecule has 0 aliphatic rings. The number of hydrogen-bond acceptors (Lipinski definition) is 1. The molecule has 106 valence electrons. The Kier molecular flexibility index (Phi) is 5.59. The van der Waals surface area contributed by atoms with Crippen molar-refractivity contribution in [2.75, 3.05) is 0 Å². The van der Waals surface area contributed by atoms with E-state index >= 15 is 0 Å². The second-order valence-corrected chi connectivity index (χ2v) is 5.93. The SMILES string of the molecule is CCc1ccccc1OCc1cc(Cl)ccc1C(Cl)Cl. The van der Waals surface area contributed by atoms with Gasteiger partial charge in [-0.2, -0.15) is 0 Å². The molecule has 4 heteroatoms. The van der Waals surface area contributed by atoms with Crippen molar-refractivity contribution in [3.05, 3.63) is 64.2 Å². The zero-order valence-corrected chi connectivity index (χ0v) is 13.3. The zero-order chi connectivity index (χ0) is 14.5. The van der Waals surface area contributed by atoms with Gasteiger partial charge in [0.25, 0.3) is 0 Å². The molecule has 0 saturated carbocycles. The number of para-hydroxylation sites is 1. The van der Waals surface area contributed by atoms with Crippen molar-refractivity contribution in [3.8, 4) is 5.75 Å². The highest BCUT2D eigenvalue weighted by Crippen LogP contribution is 2.30. The van der Waals surface area contributed by atoms with Crippen LogP contribution in [0.5, 0.6) is 5.75 Å². The fourth-order valence-corrected chi connectivity index (χ4v) is 2.62. The van der Waals surface area contributed by atoms with E-state index in [4.69, 9.17) is 39.5 Å². The summed E-state index contributed by atoms with van der Waals surface area (Å²) in [6, 6.07) is 13.4. The van der Waals surface area contributed by atoms with E-state index in [1.807, 2.05) is 30.3 Å². The number of aryl methyl sites for hydroxylation is 1. The maximum absolute atomic E-state index is 6.02. The largest absolute Gasteiger partial charge is 0.489 e. The summed E-state index contributed by atoms with van der Waals surface area (Å²) >= 11 is 18.0. The monoisotopic (exact) mass is 328 g/mol. The predicted octanol–water partition coefficient (Wildman–Crippen LogP) is 5.96. The van der Waals surface area contributed by atoms with Crippen LogP contribution >= 0.6 is 34.8 Å². The molecule has 0 saturated heterocycles. The Labute approximate surface area is 134 Å². The van der Waals surface area contributed by atoms with Gasteiger partial charge in [0.1, 0.15) is 17.2 Å². The Morgan fingerprint density at radius 1 is 1.05 bits per heavy atom. The average molecular weight is 330 g/mol. The number of alkyl halides is 2. The van der Waals surface area contributed by atoms with E-state index in [1.165, 1.54) is 5.56 Å². The maximum Gasteiger partial charge on any atom is 0.133 e. The van der Waals surface area contributed by atoms with Gasteiger partial charge < -0.3 is 4.74 Å². The molecule has 0 aliphatic carbocycles. The molecule has 2 aromatic rings. The van der Waals surface area contributed by atoms with Gasteiger partial charge in [-0.1, -0.05) is 42.8 Å². The van der Waals surface area contributed by atoms with Gasteiger partial charge >= 0.3 is 0 Å². The number of halogens is 3. The Bertz CT molecular complexity index is 582. The van der Waals surface area contributed by atoms with Crippen LogP contribution in [-0.4, -0.2) is 0 Å². The molecule has 0 aliphatic heterocycles. The lowest BCUT2D eigenvalue weighted by Crippen LogP contribution is -2.02. The van der Waals surface area contributed by atoms with Crippen LogP contribution in [0.25, 0.3) is 0 Å². The Balaban J connectivity index is 2.20. The standard InChI is InChI=1S/C16H15Cl3O/c1-2-11-5-3-4-6-15(11)20-10-12-9-13(17)7-8-14(12)16(18)19/h3-9,16H,2,10H2,1H3. The van der Waals surface area contributed by atoms with Crippen LogP contribution < -0.4 is 4.74 Å². The van der Waals surface area contributed by atoms with Crippen molar-refractivity contribution in [2.24, 2.45) is 0 Å². The molecule has 0 spiro atoms. The third-order valence-corrected chi connectivity index (χ3v) is 3.78. The summed E-state index contributed by atoms with van der Waals surface area (Å²) in [6.07, 6.45) is 0.923. The van der Waals surface area contributed by atoms with Crippen LogP contribution in [-0.2, 0) is 13.0 Å². The summed E-state index contributed by atoms with van der Waals surface area (Å²) in [5, 5.41) is 0.644. The smallest absolute Gasteiger partial charge is 0.133 e. The molecule has 0 N–H and O–H groups in total. The van der Waals surface area contributed by atoms with Crippen molar-refractivity contribution in [2.45, 2.75) is 24.8 Å². The van der Waals surface area contributed by atoms with Crippen molar-refractivity contribution in [3.63, 3.8) is 0 Å². The van der Waals surface area contributed by atoms with Gasteiger partial charge in [-0.05, 0) is 41.3 Å². The molecule has 2 aromatic carbocycles. The maximum atomic E-state index is 6.02. The lowest BCUT2D eigenvalue weighted by molar-refractivity contribution is 0.302. The van der Waals surface area contributed by atoms with E-state index in [0.717, 1.165) is 23.3 Å². The van der Waals surface area contributed by atoms with Crippen molar-refractivity contribution >= 4 is 34.8 Å². The molecule has 0 amide bonds. The summed E-state index contributed by atoms with van der Waals surface area (Å²) in [5.74, 6) is 0.877. The van der Waals surface area contributed by atoms with Gasteiger partial charge in [0.05, 0.1) is 0 Å². The molecule has 0 atom stereocenters. The number of rotatable bonds is 5. The van der Waals surface area contributed by atoms with Gasteiger partial charge in [-0.15, -0.1) is 23.2 Å². The molecule has 0 heterocycles. The first-order chi connectivity index (χ1) is 9.61. The van der Waals surface area contributed by atoms with E-state index in [1.54, 1.807) is 6.07 Å². The average Bonchev–Trinajstić information content (AvgIpc) is 2.45. The first-order valence-electron chi connectivity index (χ1n) is 6.39. The molecule has 2 rings (SSSR count). The third-order valence-electron chi connectivity index (χ3n) is 3.08. The van der Waals surface area contributed by atoms with Gasteiger partial charge in [-0.25, -0.2) is 0 Å². The highest BCUT2D eigenvalue weighted by Gasteiger charge is 2.11. The fourth-order valence-electron chi connectivity index (χ4n) is 2.00. The molecule has 0 radical (unpaired) electrons. The van der Waals surface area contributed by atoms with Gasteiger partial charge in [0, 0.05) is 5.02 Å². The summed E-state index contributed by atoms with van der Waals surface area (Å²) in [7, 11) is 0. The number of hydrogen-bond donors (Lipinski definition) is 0. The highest BCUT2D eigenvalue weighted by molar-refractivity contribution is 6.44. The second-order valence-electron chi connectivity index (χ2n) is 4.39. The second kappa shape index (κ2) is 7.21. The van der Waals surface area contributed by atoms with E-state index < -0.39 is 4.84 Å². The minimum absolute atomic E-state index is 0.392. The van der Waals surface area contributed by atoms with E-state index in [0.29, 0.717) is 11.6 Å². The molecular weight excluding hydrogens is 315 g/mol. The van der Waals surface area contributed by atoms with E-state index in [9.17, 15) is 0 Å². The van der Waals surface area contributed by atoms with Crippen LogP contribution in [0, 0.1) is 0 Å². The van der Waals surface area contributed by atoms with Crippen LogP contribution in [0.1, 0.15) is 28.5 Å². The number of benzene rings is 2. The van der Waals surface area contributed by atoms with Crippen LogP contribution in [0.4, 0.5) is 0 Å². The van der Waals surface area contributed by atoms with Crippen molar-refractivity contribution in [1.29, 1.82) is 0 Å². The molecule has 1 nitrogen and oxygen atoms in total. The molecule has 20 heavy (non-hydrogen) atoms. The summed E-state index contributed by atoms with van der Waals surface area (Å²) in [5.41, 5.74) is 2.90. The van der Waals surface area contributed by atoms with Crippen LogP contribution in [0.3, 0.4) is 0 Å². The summed E-state index contributed by atoms with van der Waals surface area (Å²) < 4.78 is 5.88. The Morgan fingerprint density at radius 2 is 1.80 bits per heavy atom. The minimum atomic E-state index is -0.590. The minimum Gasteiger partial charge on any atom is -0.489 e. The Morgan fingerprint density at radius 3 is 2.50 bits per heavy atom. The molecule has 0 aromatic heterocycles. The summed E-state index contributed by atoms with van der Waals surface area (Å²) in [6.45, 7) is 2.49. The predicted molar refractivity (Wildman–Crippen MR) is 86.1 cm³/mol. The first kappa shape index (κ1) is 15.5. The molecular formula is C16H15Cl3O. The first-order valence-corrected chi connectivity index (χ1v) is 7.64. The molecule has 0 unspecified atom stereocenters. The quantitative estimate of drug-likeness (QED) is 0.615. The van der Waals surface area contributed by atoms with E-state index in [-0.39, 0.29) is 0 Å². The highest BCUT2D eigenvalue weighted by atomic mass is 35.5. The fraction of sp³-hybridized carbons (Fsp3) is 0.250. The zero-order valence-electron chi connectivity index (χ0n) is 11.1. The van der Waals surface area contributed by atoms with E-state index in [2.05, 4.69) is 13.0 Å². The van der Waals surface area contributed by atoms with Crippen LogP contribution in [0.2, 0.25) is 5.02 Å².